The fourth-order valence-electron chi connectivity index (χ4n) is 4.86. The van der Waals surface area contributed by atoms with Gasteiger partial charge in [-0.25, -0.2) is 4.79 Å². The minimum Gasteiger partial charge on any atom is -0.327 e. The Morgan fingerprint density at radius 1 is 0.857 bits per heavy atom. The highest BCUT2D eigenvalue weighted by atomic mass is 35.5. The van der Waals surface area contributed by atoms with Gasteiger partial charge >= 0.3 is 6.03 Å². The number of hydrogen-bond acceptors (Lipinski definition) is 4. The van der Waals surface area contributed by atoms with Crippen LogP contribution in [0.2, 0.25) is 5.02 Å². The molecular weight excluding hydrogens is 562 g/mol. The van der Waals surface area contributed by atoms with Crippen LogP contribution in [-0.2, 0) is 12.2 Å². The molecule has 0 bridgehead atoms. The number of hydrogen-bond donors (Lipinski definition) is 2. The maximum atomic E-state index is 13.5. The lowest BCUT2D eigenvalue weighted by Gasteiger charge is -2.22. The molecule has 42 heavy (non-hydrogen) atoms. The molecule has 6 nitrogen and oxygen atoms in total. The smallest absolute Gasteiger partial charge is 0.319 e. The second-order valence-electron chi connectivity index (χ2n) is 10.5. The van der Waals surface area contributed by atoms with Gasteiger partial charge in [-0.05, 0) is 73.7 Å². The zero-order valence-corrected chi connectivity index (χ0v) is 25.8. The van der Waals surface area contributed by atoms with Crippen LogP contribution in [0.25, 0.3) is 5.69 Å². The second kappa shape index (κ2) is 13.3. The molecule has 2 amide bonds. The van der Waals surface area contributed by atoms with Gasteiger partial charge in [0.15, 0.2) is 11.0 Å². The molecule has 5 aromatic rings. The Morgan fingerprint density at radius 3 is 2.40 bits per heavy atom. The van der Waals surface area contributed by atoms with Crippen molar-refractivity contribution in [3.8, 4) is 5.69 Å². The summed E-state index contributed by atoms with van der Waals surface area (Å²) < 4.78 is 2.04. The van der Waals surface area contributed by atoms with Crippen molar-refractivity contribution in [2.45, 2.75) is 51.1 Å². The molecule has 1 atom stereocenters. The zero-order valence-electron chi connectivity index (χ0n) is 24.2. The Morgan fingerprint density at radius 2 is 1.62 bits per heavy atom. The molecule has 0 radical (unpaired) electrons. The predicted octanol–water partition coefficient (Wildman–Crippen LogP) is 8.55. The third kappa shape index (κ3) is 7.04. The monoisotopic (exact) mass is 595 g/mol. The van der Waals surface area contributed by atoms with Crippen LogP contribution in [0.1, 0.15) is 45.2 Å². The normalized spacial score (nSPS) is 11.7. The first-order valence-electron chi connectivity index (χ1n) is 13.9. The number of nitrogens with one attached hydrogen (secondary N) is 2. The number of nitrogens with zero attached hydrogens (tertiary/aromatic N) is 3. The predicted molar refractivity (Wildman–Crippen MR) is 173 cm³/mol. The average molecular weight is 596 g/mol. The summed E-state index contributed by atoms with van der Waals surface area (Å²) in [6.07, 6.45) is 0.529. The molecule has 1 unspecified atom stereocenters. The van der Waals surface area contributed by atoms with Crippen LogP contribution >= 0.6 is 23.4 Å². The zero-order chi connectivity index (χ0) is 29.6. The highest BCUT2D eigenvalue weighted by Gasteiger charge is 2.26. The summed E-state index contributed by atoms with van der Waals surface area (Å²) in [6, 6.07) is 29.4. The molecule has 0 aliphatic rings. The molecule has 0 saturated carbocycles. The summed E-state index contributed by atoms with van der Waals surface area (Å²) >= 11 is 8.11. The first-order chi connectivity index (χ1) is 20.3. The van der Waals surface area contributed by atoms with E-state index in [2.05, 4.69) is 64.2 Å². The van der Waals surface area contributed by atoms with Crippen LogP contribution in [0.3, 0.4) is 0 Å². The number of thioether (sulfide) groups is 1. The van der Waals surface area contributed by atoms with Gasteiger partial charge in [-0.15, -0.1) is 10.2 Å². The molecule has 4 aromatic carbocycles. The summed E-state index contributed by atoms with van der Waals surface area (Å²) in [5.74, 6) is 1.36. The number of carbonyl (C=O) groups is 1. The fourth-order valence-corrected chi connectivity index (χ4v) is 5.92. The van der Waals surface area contributed by atoms with Crippen LogP contribution in [-0.4, -0.2) is 20.8 Å². The maximum absolute atomic E-state index is 13.5. The highest BCUT2D eigenvalue weighted by molar-refractivity contribution is 7.98. The summed E-state index contributed by atoms with van der Waals surface area (Å²) in [5.41, 5.74) is 8.29. The Balaban J connectivity index is 1.54. The van der Waals surface area contributed by atoms with Crippen LogP contribution in [0.15, 0.2) is 96.2 Å². The number of halogens is 1. The molecule has 2 N–H and O–H groups in total. The standard InChI is InChI=1S/C34H34ClN5OS/c1-22-10-8-14-27(18-22)21-42-34-39-38-32(40(34)31-20-28(35)17-16-24(31)3)30(19-26-12-6-5-7-13-26)37-33(41)36-29-15-9-11-23(2)25(29)4/h5-18,20,30H,19,21H2,1-4H3,(H2,36,37,41). The number of amides is 2. The Bertz CT molecular complexity index is 1700. The number of carbonyl (C=O) groups excluding carboxylic acids is 1. The number of benzene rings is 4. The number of aromatic nitrogens is 3. The topological polar surface area (TPSA) is 71.8 Å². The van der Waals surface area contributed by atoms with Gasteiger partial charge in [-0.2, -0.15) is 0 Å². The van der Waals surface area contributed by atoms with Crippen LogP contribution in [0.5, 0.6) is 0 Å². The van der Waals surface area contributed by atoms with E-state index < -0.39 is 6.04 Å². The number of aryl methyl sites for hydroxylation is 3. The number of rotatable bonds is 9. The molecule has 1 heterocycles. The minimum atomic E-state index is -0.475. The first-order valence-corrected chi connectivity index (χ1v) is 15.2. The van der Waals surface area contributed by atoms with Crippen LogP contribution in [0.4, 0.5) is 10.5 Å². The van der Waals surface area contributed by atoms with E-state index >= 15 is 0 Å². The summed E-state index contributed by atoms with van der Waals surface area (Å²) in [6.45, 7) is 8.16. The van der Waals surface area contributed by atoms with Gasteiger partial charge in [0.1, 0.15) is 0 Å². The van der Waals surface area contributed by atoms with Gasteiger partial charge in [0.25, 0.3) is 0 Å². The van der Waals surface area contributed by atoms with Crippen molar-refractivity contribution in [1.82, 2.24) is 20.1 Å². The van der Waals surface area contributed by atoms with Crippen LogP contribution < -0.4 is 10.6 Å². The molecule has 0 spiro atoms. The van der Waals surface area contributed by atoms with E-state index in [4.69, 9.17) is 11.6 Å². The van der Waals surface area contributed by atoms with Crippen molar-refractivity contribution in [1.29, 1.82) is 0 Å². The SMILES string of the molecule is Cc1cccc(CSc2nnc(C(Cc3ccccc3)NC(=O)Nc3cccc(C)c3C)n2-c2cc(Cl)ccc2C)c1. The fraction of sp³-hybridized carbons (Fsp3) is 0.206. The minimum absolute atomic E-state index is 0.309. The van der Waals surface area contributed by atoms with Gasteiger partial charge < -0.3 is 10.6 Å². The van der Waals surface area contributed by atoms with E-state index in [1.54, 1.807) is 11.8 Å². The van der Waals surface area contributed by atoms with Crippen LogP contribution in [0, 0.1) is 27.7 Å². The van der Waals surface area contributed by atoms with E-state index in [9.17, 15) is 4.79 Å². The lowest BCUT2D eigenvalue weighted by Crippen LogP contribution is -2.35. The number of urea groups is 1. The van der Waals surface area contributed by atoms with Crippen molar-refractivity contribution >= 4 is 35.1 Å². The molecular formula is C34H34ClN5OS. The highest BCUT2D eigenvalue weighted by Crippen LogP contribution is 2.32. The Labute approximate surface area is 256 Å². The maximum Gasteiger partial charge on any atom is 0.319 e. The molecule has 0 fully saturated rings. The number of anilines is 1. The third-order valence-electron chi connectivity index (χ3n) is 7.27. The summed E-state index contributed by atoms with van der Waals surface area (Å²) in [5, 5.41) is 16.9. The van der Waals surface area contributed by atoms with Crippen molar-refractivity contribution in [2.75, 3.05) is 5.32 Å². The van der Waals surface area contributed by atoms with E-state index in [1.165, 1.54) is 11.1 Å². The molecule has 0 aliphatic heterocycles. The summed E-state index contributed by atoms with van der Waals surface area (Å²) in [4.78, 5) is 13.5. The molecule has 0 aliphatic carbocycles. The van der Waals surface area contributed by atoms with Gasteiger partial charge in [0.2, 0.25) is 0 Å². The van der Waals surface area contributed by atoms with Crippen molar-refractivity contribution in [3.05, 3.63) is 135 Å². The van der Waals surface area contributed by atoms with Gasteiger partial charge in [0.05, 0.1) is 11.7 Å². The molecule has 0 saturated heterocycles. The Hall–Kier alpha value is -4.07. The lowest BCUT2D eigenvalue weighted by atomic mass is 10.0. The van der Waals surface area contributed by atoms with Gasteiger partial charge in [-0.3, -0.25) is 4.57 Å². The largest absolute Gasteiger partial charge is 0.327 e. The van der Waals surface area contributed by atoms with Crippen molar-refractivity contribution in [3.63, 3.8) is 0 Å². The van der Waals surface area contributed by atoms with Crippen molar-refractivity contribution < 1.29 is 4.79 Å². The van der Waals surface area contributed by atoms with Gasteiger partial charge in [-0.1, -0.05) is 102 Å². The quantitative estimate of drug-likeness (QED) is 0.167. The average Bonchev–Trinajstić information content (AvgIpc) is 3.39. The van der Waals surface area contributed by atoms with Gasteiger partial charge in [0, 0.05) is 22.9 Å². The molecule has 1 aromatic heterocycles. The summed E-state index contributed by atoms with van der Waals surface area (Å²) in [7, 11) is 0. The molecule has 5 rings (SSSR count). The Kier molecular flexibility index (Phi) is 9.30. The van der Waals surface area contributed by atoms with Crippen molar-refractivity contribution in [2.24, 2.45) is 0 Å². The lowest BCUT2D eigenvalue weighted by molar-refractivity contribution is 0.247. The molecule has 8 heteroatoms. The van der Waals surface area contributed by atoms with E-state index in [-0.39, 0.29) is 6.03 Å². The third-order valence-corrected chi connectivity index (χ3v) is 8.51. The van der Waals surface area contributed by atoms with E-state index in [1.807, 2.05) is 79.9 Å². The first kappa shape index (κ1) is 29.4. The van der Waals surface area contributed by atoms with E-state index in [0.29, 0.717) is 17.3 Å². The van der Waals surface area contributed by atoms with E-state index in [0.717, 1.165) is 44.5 Å². The second-order valence-corrected chi connectivity index (χ2v) is 11.9. The molecule has 214 valence electrons.